The maximum Gasteiger partial charge on any atom is 0.347 e. The molecule has 188 valence electrons. The summed E-state index contributed by atoms with van der Waals surface area (Å²) >= 11 is 0. The lowest BCUT2D eigenvalue weighted by atomic mass is 9.98. The van der Waals surface area contributed by atoms with Gasteiger partial charge in [-0.1, -0.05) is 0 Å². The van der Waals surface area contributed by atoms with Gasteiger partial charge in [-0.2, -0.15) is 0 Å². The smallest absolute Gasteiger partial charge is 0.347 e. The van der Waals surface area contributed by atoms with E-state index < -0.39 is 66.9 Å². The highest BCUT2D eigenvalue weighted by Gasteiger charge is 2.40. The van der Waals surface area contributed by atoms with Crippen LogP contribution in [0.25, 0.3) is 10.8 Å². The molecule has 1 aromatic carbocycles. The molecule has 1 aliphatic heterocycles. The monoisotopic (exact) mass is 486 g/mol. The quantitative estimate of drug-likeness (QED) is 0.121. The van der Waals surface area contributed by atoms with Gasteiger partial charge >= 0.3 is 11.6 Å². The Balaban J connectivity index is 2.04. The van der Waals surface area contributed by atoms with E-state index in [2.05, 4.69) is 0 Å². The second-order valence-electron chi connectivity index (χ2n) is 7.86. The first-order valence-electron chi connectivity index (χ1n) is 10.2. The van der Waals surface area contributed by atoms with E-state index in [1.807, 2.05) is 0 Å². The van der Waals surface area contributed by atoms with E-state index in [9.17, 15) is 40.2 Å². The van der Waals surface area contributed by atoms with Gasteiger partial charge in [0.05, 0.1) is 18.3 Å². The standard InChI is InChI=1S/C21H26O13/c1-7-3-8-4-10-14(16(25)13(8)20(29)32-7)11(5-12(31-2)19(28)33-10)34-21(30)18(27)17(26)15(24)9(23)6-22/h3-4,9,11-12,15,17-18,21-27,30H,5-6H2,1-2H3/t9-,11-,12+,15-,17-,18-,21+/m1/s1. The van der Waals surface area contributed by atoms with Crippen LogP contribution in [0.3, 0.4) is 0 Å². The van der Waals surface area contributed by atoms with E-state index in [0.717, 1.165) is 0 Å². The first-order valence-corrected chi connectivity index (χ1v) is 10.2. The summed E-state index contributed by atoms with van der Waals surface area (Å²) in [7, 11) is 1.20. The number of methoxy groups -OCH3 is 1. The van der Waals surface area contributed by atoms with E-state index in [-0.39, 0.29) is 34.3 Å². The number of esters is 1. The molecule has 0 amide bonds. The highest BCUT2D eigenvalue weighted by molar-refractivity contribution is 5.92. The molecule has 7 atom stereocenters. The van der Waals surface area contributed by atoms with Crippen LogP contribution in [0.2, 0.25) is 0 Å². The molecule has 1 aromatic heterocycles. The number of carbonyl (C=O) groups is 1. The molecule has 13 heteroatoms. The molecule has 0 spiro atoms. The van der Waals surface area contributed by atoms with E-state index in [4.69, 9.17) is 23.7 Å². The van der Waals surface area contributed by atoms with Crippen molar-refractivity contribution in [2.24, 2.45) is 0 Å². The fourth-order valence-corrected chi connectivity index (χ4v) is 3.70. The summed E-state index contributed by atoms with van der Waals surface area (Å²) in [5, 5.41) is 69.6. The van der Waals surface area contributed by atoms with E-state index in [1.54, 1.807) is 0 Å². The van der Waals surface area contributed by atoms with Crippen molar-refractivity contribution in [3.05, 3.63) is 33.9 Å². The summed E-state index contributed by atoms with van der Waals surface area (Å²) in [6.07, 6.45) is -13.5. The molecule has 0 aliphatic carbocycles. The summed E-state index contributed by atoms with van der Waals surface area (Å²) in [5.41, 5.74) is -1.11. The van der Waals surface area contributed by atoms with Gasteiger partial charge in [-0.05, 0) is 24.4 Å². The molecule has 0 saturated carbocycles. The van der Waals surface area contributed by atoms with Gasteiger partial charge in [0.25, 0.3) is 0 Å². The Kier molecular flexibility index (Phi) is 7.90. The molecule has 0 bridgehead atoms. The van der Waals surface area contributed by atoms with Crippen LogP contribution in [0, 0.1) is 6.92 Å². The van der Waals surface area contributed by atoms with Gasteiger partial charge in [0.2, 0.25) is 0 Å². The first-order chi connectivity index (χ1) is 16.0. The summed E-state index contributed by atoms with van der Waals surface area (Å²) in [6, 6.07) is 2.72. The Morgan fingerprint density at radius 2 is 1.74 bits per heavy atom. The molecule has 0 fully saturated rings. The second-order valence-corrected chi connectivity index (χ2v) is 7.86. The van der Waals surface area contributed by atoms with Crippen LogP contribution in [0.5, 0.6) is 11.5 Å². The maximum absolute atomic E-state index is 12.5. The number of carbonyl (C=O) groups excluding carboxylic acids is 1. The molecule has 7 N–H and O–H groups in total. The number of hydrogen-bond donors (Lipinski definition) is 7. The topological polar surface area (TPSA) is 217 Å². The number of benzene rings is 1. The number of aliphatic hydroxyl groups excluding tert-OH is 6. The van der Waals surface area contributed by atoms with Crippen LogP contribution in [0.15, 0.2) is 21.3 Å². The van der Waals surface area contributed by atoms with Crippen LogP contribution in [-0.2, 0) is 14.3 Å². The van der Waals surface area contributed by atoms with Gasteiger partial charge in [-0.15, -0.1) is 0 Å². The van der Waals surface area contributed by atoms with Gasteiger partial charge in [-0.25, -0.2) is 9.59 Å². The van der Waals surface area contributed by atoms with E-state index >= 15 is 0 Å². The lowest BCUT2D eigenvalue weighted by Crippen LogP contribution is -2.50. The van der Waals surface area contributed by atoms with E-state index in [1.165, 1.54) is 26.2 Å². The Labute approximate surface area is 192 Å². The van der Waals surface area contributed by atoms with Crippen LogP contribution in [-0.4, -0.2) is 92.2 Å². The number of ether oxygens (including phenoxy) is 3. The fourth-order valence-electron chi connectivity index (χ4n) is 3.70. The summed E-state index contributed by atoms with van der Waals surface area (Å²) < 4.78 is 20.8. The van der Waals surface area contributed by atoms with Crippen LogP contribution in [0.1, 0.15) is 23.8 Å². The molecule has 34 heavy (non-hydrogen) atoms. The Morgan fingerprint density at radius 1 is 1.06 bits per heavy atom. The van der Waals surface area contributed by atoms with Gasteiger partial charge in [0, 0.05) is 13.5 Å². The van der Waals surface area contributed by atoms with Crippen molar-refractivity contribution in [2.75, 3.05) is 13.7 Å². The number of rotatable bonds is 8. The van der Waals surface area contributed by atoms with Crippen LogP contribution >= 0.6 is 0 Å². The maximum atomic E-state index is 12.5. The number of aromatic hydroxyl groups is 1. The lowest BCUT2D eigenvalue weighted by molar-refractivity contribution is -0.231. The van der Waals surface area contributed by atoms with E-state index in [0.29, 0.717) is 0 Å². The van der Waals surface area contributed by atoms with Crippen LogP contribution in [0.4, 0.5) is 0 Å². The highest BCUT2D eigenvalue weighted by atomic mass is 16.6. The third-order valence-electron chi connectivity index (χ3n) is 5.53. The molecule has 0 unspecified atom stereocenters. The minimum Gasteiger partial charge on any atom is -0.506 e. The first kappa shape index (κ1) is 26.0. The number of phenolic OH excluding ortho intramolecular Hbond substituents is 1. The number of phenols is 1. The molecule has 0 saturated heterocycles. The third kappa shape index (κ3) is 4.92. The molecule has 2 heterocycles. The largest absolute Gasteiger partial charge is 0.506 e. The zero-order valence-electron chi connectivity index (χ0n) is 18.2. The Morgan fingerprint density at radius 3 is 2.35 bits per heavy atom. The number of aryl methyl sites for hydroxylation is 1. The Bertz CT molecular complexity index is 1100. The molecule has 13 nitrogen and oxygen atoms in total. The summed E-state index contributed by atoms with van der Waals surface area (Å²) in [6.45, 7) is 0.573. The number of hydrogen-bond acceptors (Lipinski definition) is 13. The van der Waals surface area contributed by atoms with Gasteiger partial charge in [0.1, 0.15) is 47.1 Å². The van der Waals surface area contributed by atoms with Gasteiger partial charge < -0.3 is 54.4 Å². The van der Waals surface area contributed by atoms with Crippen molar-refractivity contribution >= 4 is 16.7 Å². The SMILES string of the molecule is CO[C@H]1C[C@@H](O[C@H](O)[C@H](O)[C@H](O)[C@H](O)[C@H](O)CO)c2c(cc3cc(C)oc(=O)c3c2O)OC1=O. The normalized spacial score (nSPS) is 22.9. The van der Waals surface area contributed by atoms with Crippen molar-refractivity contribution in [2.45, 2.75) is 56.3 Å². The van der Waals surface area contributed by atoms with Crippen LogP contribution < -0.4 is 10.4 Å². The summed E-state index contributed by atoms with van der Waals surface area (Å²) in [4.78, 5) is 24.8. The highest BCUT2D eigenvalue weighted by Crippen LogP contribution is 2.44. The average molecular weight is 486 g/mol. The second kappa shape index (κ2) is 10.3. The number of aliphatic hydroxyl groups is 6. The molecule has 1 aliphatic rings. The van der Waals surface area contributed by atoms with Crippen molar-refractivity contribution in [1.82, 2.24) is 0 Å². The predicted octanol–water partition coefficient (Wildman–Crippen LogP) is -2.06. The summed E-state index contributed by atoms with van der Waals surface area (Å²) in [5.74, 6) is -1.49. The van der Waals surface area contributed by atoms with Crippen molar-refractivity contribution in [3.8, 4) is 11.5 Å². The van der Waals surface area contributed by atoms with Crippen molar-refractivity contribution in [3.63, 3.8) is 0 Å². The third-order valence-corrected chi connectivity index (χ3v) is 5.53. The minimum atomic E-state index is -2.23. The van der Waals surface area contributed by atoms with Gasteiger partial charge in [-0.3, -0.25) is 0 Å². The Hall–Kier alpha value is -2.62. The van der Waals surface area contributed by atoms with Crippen molar-refractivity contribution in [1.29, 1.82) is 0 Å². The minimum absolute atomic E-state index is 0.199. The zero-order valence-corrected chi connectivity index (χ0v) is 18.2. The predicted molar refractivity (Wildman–Crippen MR) is 111 cm³/mol. The molecule has 2 aromatic rings. The molecule has 3 rings (SSSR count). The van der Waals surface area contributed by atoms with Crippen molar-refractivity contribution < 1.29 is 59.2 Å². The lowest BCUT2D eigenvalue weighted by Gasteiger charge is -2.30. The molecule has 0 radical (unpaired) electrons. The fraction of sp³-hybridized carbons (Fsp3) is 0.524. The molecular formula is C21H26O13. The average Bonchev–Trinajstić information content (AvgIpc) is 2.91. The molecular weight excluding hydrogens is 460 g/mol. The number of fused-ring (bicyclic) bond motifs is 2. The zero-order chi connectivity index (χ0) is 25.3. The van der Waals surface area contributed by atoms with Gasteiger partial charge in [0.15, 0.2) is 12.4 Å².